The number of ketones is 1. The monoisotopic (exact) mass is 316 g/mol. The van der Waals surface area contributed by atoms with Gasteiger partial charge in [0, 0.05) is 18.4 Å². The molecule has 0 aromatic heterocycles. The number of esters is 1. The first-order valence-electron chi connectivity index (χ1n) is 7.68. The number of ether oxygens (including phenoxy) is 1. The van der Waals surface area contributed by atoms with Crippen LogP contribution >= 0.6 is 0 Å². The lowest BCUT2D eigenvalue weighted by molar-refractivity contribution is -0.144. The molecule has 122 valence electrons. The first-order valence-corrected chi connectivity index (χ1v) is 7.68. The topological polar surface area (TPSA) is 80.7 Å². The van der Waals surface area contributed by atoms with Gasteiger partial charge in [0.1, 0.15) is 11.5 Å². The average Bonchev–Trinajstić information content (AvgIpc) is 2.56. The Bertz CT molecular complexity index is 594. The Hall–Kier alpha value is -2.43. The van der Waals surface area contributed by atoms with Gasteiger partial charge >= 0.3 is 11.9 Å². The van der Waals surface area contributed by atoms with Crippen LogP contribution in [-0.4, -0.2) is 22.8 Å². The van der Waals surface area contributed by atoms with Gasteiger partial charge in [-0.15, -0.1) is 0 Å². The van der Waals surface area contributed by atoms with Crippen molar-refractivity contribution in [1.29, 1.82) is 0 Å². The molecule has 0 atom stereocenters. The first kappa shape index (κ1) is 16.9. The third-order valence-corrected chi connectivity index (χ3v) is 4.22. The maximum absolute atomic E-state index is 12.3. The molecular weight excluding hydrogens is 296 g/mol. The average molecular weight is 316 g/mol. The smallest absolute Gasteiger partial charge is 0.335 e. The minimum Gasteiger partial charge on any atom is -0.481 e. The van der Waals surface area contributed by atoms with Crippen LogP contribution in [0.5, 0.6) is 5.75 Å². The van der Waals surface area contributed by atoms with Gasteiger partial charge in [-0.2, -0.15) is 0 Å². The maximum atomic E-state index is 12.3. The lowest BCUT2D eigenvalue weighted by atomic mass is 9.79. The normalized spacial score (nSPS) is 20.5. The Morgan fingerprint density at radius 1 is 1.09 bits per heavy atom. The van der Waals surface area contributed by atoms with E-state index in [0.717, 1.165) is 11.6 Å². The number of Topliss-reactive ketones (excluding diaryl/α,β-unsaturated/α-hetero) is 1. The van der Waals surface area contributed by atoms with Crippen molar-refractivity contribution in [3.8, 4) is 5.75 Å². The van der Waals surface area contributed by atoms with Crippen LogP contribution in [0.4, 0.5) is 0 Å². The molecule has 0 unspecified atom stereocenters. The van der Waals surface area contributed by atoms with E-state index in [1.165, 1.54) is 0 Å². The van der Waals surface area contributed by atoms with Crippen molar-refractivity contribution in [2.45, 2.75) is 32.1 Å². The van der Waals surface area contributed by atoms with E-state index < -0.39 is 11.9 Å². The van der Waals surface area contributed by atoms with Crippen molar-refractivity contribution in [1.82, 2.24) is 0 Å². The van der Waals surface area contributed by atoms with E-state index in [1.54, 1.807) is 24.3 Å². The molecule has 0 saturated heterocycles. The molecule has 1 aliphatic rings. The molecule has 1 saturated carbocycles. The fraction of sp³-hybridized carbons (Fsp3) is 0.389. The van der Waals surface area contributed by atoms with Crippen LogP contribution in [0.15, 0.2) is 36.9 Å². The lowest BCUT2D eigenvalue weighted by Gasteiger charge is -2.25. The van der Waals surface area contributed by atoms with Gasteiger partial charge in [-0.3, -0.25) is 9.59 Å². The highest BCUT2D eigenvalue weighted by Gasteiger charge is 2.29. The van der Waals surface area contributed by atoms with Gasteiger partial charge in [0.25, 0.3) is 0 Å². The molecule has 1 aromatic rings. The summed E-state index contributed by atoms with van der Waals surface area (Å²) in [5, 5.41) is 8.98. The molecule has 2 rings (SSSR count). The van der Waals surface area contributed by atoms with Crippen molar-refractivity contribution in [2.75, 3.05) is 0 Å². The number of hydrogen-bond acceptors (Lipinski definition) is 4. The molecule has 0 heterocycles. The van der Waals surface area contributed by atoms with E-state index in [0.29, 0.717) is 37.9 Å². The molecule has 1 aliphatic carbocycles. The van der Waals surface area contributed by atoms with Gasteiger partial charge in [0.2, 0.25) is 0 Å². The van der Waals surface area contributed by atoms with Crippen LogP contribution in [0.2, 0.25) is 0 Å². The van der Waals surface area contributed by atoms with E-state index in [2.05, 4.69) is 6.58 Å². The molecule has 0 bridgehead atoms. The number of benzene rings is 1. The van der Waals surface area contributed by atoms with Crippen LogP contribution in [0.1, 0.15) is 31.2 Å². The van der Waals surface area contributed by atoms with Gasteiger partial charge in [-0.25, -0.2) is 4.79 Å². The number of rotatable bonds is 6. The van der Waals surface area contributed by atoms with Crippen molar-refractivity contribution >= 4 is 17.7 Å². The molecule has 0 spiro atoms. The summed E-state index contributed by atoms with van der Waals surface area (Å²) in [6.45, 7) is 3.33. The Labute approximate surface area is 135 Å². The molecule has 1 N–H and O–H groups in total. The Balaban J connectivity index is 1.87. The van der Waals surface area contributed by atoms with E-state index in [9.17, 15) is 14.4 Å². The zero-order valence-electron chi connectivity index (χ0n) is 12.9. The summed E-state index contributed by atoms with van der Waals surface area (Å²) in [6.07, 6.45) is 3.84. The molecule has 0 aliphatic heterocycles. The van der Waals surface area contributed by atoms with Crippen molar-refractivity contribution < 1.29 is 24.2 Å². The maximum Gasteiger partial charge on any atom is 0.335 e. The fourth-order valence-corrected chi connectivity index (χ4v) is 2.84. The highest BCUT2D eigenvalue weighted by atomic mass is 16.5. The summed E-state index contributed by atoms with van der Waals surface area (Å²) in [5.41, 5.74) is 0.855. The van der Waals surface area contributed by atoms with Crippen LogP contribution in [0.25, 0.3) is 0 Å². The molecular formula is C18H20O5. The quantitative estimate of drug-likeness (QED) is 0.496. The third kappa shape index (κ3) is 4.77. The predicted molar refractivity (Wildman–Crippen MR) is 84.1 cm³/mol. The Morgan fingerprint density at radius 3 is 2.17 bits per heavy atom. The second kappa shape index (κ2) is 7.72. The highest BCUT2D eigenvalue weighted by Crippen LogP contribution is 2.30. The van der Waals surface area contributed by atoms with Gasteiger partial charge in [-0.1, -0.05) is 18.7 Å². The lowest BCUT2D eigenvalue weighted by Crippen LogP contribution is -2.26. The number of carbonyl (C=O) groups excluding carboxylic acids is 2. The van der Waals surface area contributed by atoms with Crippen LogP contribution < -0.4 is 4.74 Å². The number of aliphatic carboxylic acids is 1. The second-order valence-electron chi connectivity index (χ2n) is 5.80. The number of carbonyl (C=O) groups is 3. The largest absolute Gasteiger partial charge is 0.481 e. The summed E-state index contributed by atoms with van der Waals surface area (Å²) >= 11 is 0. The van der Waals surface area contributed by atoms with Gasteiger partial charge in [0.05, 0.1) is 5.92 Å². The summed E-state index contributed by atoms with van der Waals surface area (Å²) in [7, 11) is 0. The first-order chi connectivity index (χ1) is 11.0. The summed E-state index contributed by atoms with van der Waals surface area (Å²) in [6, 6.07) is 6.80. The summed E-state index contributed by atoms with van der Waals surface area (Å²) in [4.78, 5) is 34.3. The zero-order valence-corrected chi connectivity index (χ0v) is 12.9. The van der Waals surface area contributed by atoms with E-state index in [-0.39, 0.29) is 17.6 Å². The standard InChI is InChI=1S/C18H20O5/c1-2-17(20)23-15-9-3-12(4-10-15)11-16(19)13-5-7-14(8-6-13)18(21)22/h2-4,9-10,13-14H,1,5-8,11H2,(H,21,22). The minimum absolute atomic E-state index is 0.0520. The molecule has 0 amide bonds. The summed E-state index contributed by atoms with van der Waals surface area (Å²) < 4.78 is 4.98. The van der Waals surface area contributed by atoms with E-state index >= 15 is 0 Å². The fourth-order valence-electron chi connectivity index (χ4n) is 2.84. The Morgan fingerprint density at radius 2 is 1.65 bits per heavy atom. The molecule has 1 fully saturated rings. The number of carboxylic acids is 1. The summed E-state index contributed by atoms with van der Waals surface area (Å²) in [5.74, 6) is -1.09. The zero-order chi connectivity index (χ0) is 16.8. The van der Waals surface area contributed by atoms with E-state index in [1.807, 2.05) is 0 Å². The molecule has 5 heteroatoms. The molecule has 23 heavy (non-hydrogen) atoms. The minimum atomic E-state index is -0.763. The van der Waals surface area contributed by atoms with Crippen molar-refractivity contribution in [3.63, 3.8) is 0 Å². The highest BCUT2D eigenvalue weighted by molar-refractivity contribution is 5.84. The SMILES string of the molecule is C=CC(=O)Oc1ccc(CC(=O)C2CCC(C(=O)O)CC2)cc1. The second-order valence-corrected chi connectivity index (χ2v) is 5.80. The van der Waals surface area contributed by atoms with Crippen molar-refractivity contribution in [3.05, 3.63) is 42.5 Å². The van der Waals surface area contributed by atoms with Gasteiger partial charge < -0.3 is 9.84 Å². The van der Waals surface area contributed by atoms with Crippen molar-refractivity contribution in [2.24, 2.45) is 11.8 Å². The predicted octanol–water partition coefficient (Wildman–Crippen LogP) is 2.78. The van der Waals surface area contributed by atoms with Gasteiger partial charge in [-0.05, 0) is 43.4 Å². The van der Waals surface area contributed by atoms with Crippen LogP contribution in [0.3, 0.4) is 0 Å². The molecule has 0 radical (unpaired) electrons. The molecule has 1 aromatic carbocycles. The third-order valence-electron chi connectivity index (χ3n) is 4.22. The van der Waals surface area contributed by atoms with E-state index in [4.69, 9.17) is 9.84 Å². The van der Waals surface area contributed by atoms with Crippen LogP contribution in [-0.2, 0) is 20.8 Å². The number of hydrogen-bond donors (Lipinski definition) is 1. The molecule has 5 nitrogen and oxygen atoms in total. The number of carboxylic acid groups (broad SMARTS) is 1. The van der Waals surface area contributed by atoms with Gasteiger partial charge in [0.15, 0.2) is 0 Å². The Kier molecular flexibility index (Phi) is 5.68. The van der Waals surface area contributed by atoms with Crippen LogP contribution in [0, 0.1) is 11.8 Å².